The van der Waals surface area contributed by atoms with Crippen molar-refractivity contribution in [2.24, 2.45) is 5.73 Å². The number of hydrogen-bond acceptors (Lipinski definition) is 2. The van der Waals surface area contributed by atoms with Crippen molar-refractivity contribution in [1.29, 1.82) is 0 Å². The fourth-order valence-corrected chi connectivity index (χ4v) is 2.58. The first-order chi connectivity index (χ1) is 8.95. The molecule has 2 nitrogen and oxygen atoms in total. The molecule has 0 unspecified atom stereocenters. The lowest BCUT2D eigenvalue weighted by atomic mass is 10.1. The van der Waals surface area contributed by atoms with Crippen molar-refractivity contribution in [3.63, 3.8) is 0 Å². The molecule has 0 atom stereocenters. The molecule has 19 heavy (non-hydrogen) atoms. The summed E-state index contributed by atoms with van der Waals surface area (Å²) in [6.07, 6.45) is 0. The Hall–Kier alpha value is -1.39. The average molecular weight is 335 g/mol. The first-order valence-electron chi connectivity index (χ1n) is 5.90. The molecule has 2 aromatic carbocycles. The maximum absolute atomic E-state index is 5.75. The molecule has 2 aromatic rings. The standard InChI is InChI=1S/C15H15BrN2S/c1-9-5-10(2)7-12(6-9)18-14-8-11(16)3-4-13(14)15(17)19/h3-8,18H,1-2H3,(H2,17,19). The smallest absolute Gasteiger partial charge is 0.106 e. The van der Waals surface area contributed by atoms with Gasteiger partial charge in [0.15, 0.2) is 0 Å². The van der Waals surface area contributed by atoms with Gasteiger partial charge in [-0.1, -0.05) is 34.2 Å². The van der Waals surface area contributed by atoms with Crippen molar-refractivity contribution >= 4 is 44.5 Å². The Morgan fingerprint density at radius 2 is 1.74 bits per heavy atom. The number of anilines is 2. The van der Waals surface area contributed by atoms with Crippen LogP contribution >= 0.6 is 28.1 Å². The fourth-order valence-electron chi connectivity index (χ4n) is 2.04. The summed E-state index contributed by atoms with van der Waals surface area (Å²) in [7, 11) is 0. The molecule has 0 radical (unpaired) electrons. The molecule has 3 N–H and O–H groups in total. The van der Waals surface area contributed by atoms with Crippen LogP contribution in [-0.4, -0.2) is 4.99 Å². The quantitative estimate of drug-likeness (QED) is 0.814. The highest BCUT2D eigenvalue weighted by Crippen LogP contribution is 2.26. The molecule has 0 bridgehead atoms. The van der Waals surface area contributed by atoms with Gasteiger partial charge in [-0.15, -0.1) is 0 Å². The largest absolute Gasteiger partial charge is 0.389 e. The van der Waals surface area contributed by atoms with Gasteiger partial charge in [0.25, 0.3) is 0 Å². The molecule has 4 heteroatoms. The van der Waals surface area contributed by atoms with E-state index in [9.17, 15) is 0 Å². The van der Waals surface area contributed by atoms with E-state index in [1.807, 2.05) is 18.2 Å². The Labute approximate surface area is 127 Å². The fraction of sp³-hybridized carbons (Fsp3) is 0.133. The van der Waals surface area contributed by atoms with Crippen molar-refractivity contribution in [2.75, 3.05) is 5.32 Å². The monoisotopic (exact) mass is 334 g/mol. The highest BCUT2D eigenvalue weighted by molar-refractivity contribution is 9.10. The van der Waals surface area contributed by atoms with E-state index >= 15 is 0 Å². The van der Waals surface area contributed by atoms with Crippen LogP contribution < -0.4 is 11.1 Å². The van der Waals surface area contributed by atoms with E-state index in [2.05, 4.69) is 53.3 Å². The van der Waals surface area contributed by atoms with Crippen molar-refractivity contribution in [3.05, 3.63) is 57.6 Å². The minimum absolute atomic E-state index is 0.388. The van der Waals surface area contributed by atoms with E-state index < -0.39 is 0 Å². The molecule has 0 saturated carbocycles. The predicted octanol–water partition coefficient (Wildman–Crippen LogP) is 4.44. The third-order valence-electron chi connectivity index (χ3n) is 2.75. The Bertz CT molecular complexity index is 618. The third-order valence-corrected chi connectivity index (χ3v) is 3.46. The van der Waals surface area contributed by atoms with Gasteiger partial charge < -0.3 is 11.1 Å². The second-order valence-corrected chi connectivity index (χ2v) is 5.91. The number of rotatable bonds is 3. The number of nitrogens with one attached hydrogen (secondary N) is 1. The molecule has 0 amide bonds. The van der Waals surface area contributed by atoms with Crippen LogP contribution in [0.1, 0.15) is 16.7 Å². The van der Waals surface area contributed by atoms with Crippen molar-refractivity contribution < 1.29 is 0 Å². The topological polar surface area (TPSA) is 38.0 Å². The summed E-state index contributed by atoms with van der Waals surface area (Å²) >= 11 is 8.55. The zero-order chi connectivity index (χ0) is 14.0. The number of nitrogens with two attached hydrogens (primary N) is 1. The molecule has 2 rings (SSSR count). The van der Waals surface area contributed by atoms with Gasteiger partial charge in [0.1, 0.15) is 4.99 Å². The second kappa shape index (κ2) is 5.72. The normalized spacial score (nSPS) is 10.3. The lowest BCUT2D eigenvalue weighted by molar-refractivity contribution is 1.37. The van der Waals surface area contributed by atoms with Crippen LogP contribution in [0.2, 0.25) is 0 Å². The Kier molecular flexibility index (Phi) is 4.22. The van der Waals surface area contributed by atoms with E-state index in [1.165, 1.54) is 11.1 Å². The van der Waals surface area contributed by atoms with Gasteiger partial charge in [-0.3, -0.25) is 0 Å². The summed E-state index contributed by atoms with van der Waals surface area (Å²) in [6.45, 7) is 4.15. The Morgan fingerprint density at radius 1 is 1.11 bits per heavy atom. The summed E-state index contributed by atoms with van der Waals surface area (Å²) < 4.78 is 0.986. The summed E-state index contributed by atoms with van der Waals surface area (Å²) in [6, 6.07) is 12.2. The van der Waals surface area contributed by atoms with Crippen LogP contribution in [0.5, 0.6) is 0 Å². The van der Waals surface area contributed by atoms with Gasteiger partial charge in [0.2, 0.25) is 0 Å². The summed E-state index contributed by atoms with van der Waals surface area (Å²) in [5.74, 6) is 0. The van der Waals surface area contributed by atoms with Crippen LogP contribution in [0.15, 0.2) is 40.9 Å². The number of thiocarbonyl (C=S) groups is 1. The van der Waals surface area contributed by atoms with Crippen molar-refractivity contribution in [3.8, 4) is 0 Å². The lowest BCUT2D eigenvalue weighted by Crippen LogP contribution is -2.11. The van der Waals surface area contributed by atoms with Crippen LogP contribution in [0, 0.1) is 13.8 Å². The maximum atomic E-state index is 5.75. The zero-order valence-electron chi connectivity index (χ0n) is 10.8. The molecule has 0 spiro atoms. The molecule has 0 aliphatic rings. The molecule has 0 saturated heterocycles. The minimum atomic E-state index is 0.388. The van der Waals surface area contributed by atoms with Gasteiger partial charge >= 0.3 is 0 Å². The van der Waals surface area contributed by atoms with Gasteiger partial charge in [-0.25, -0.2) is 0 Å². The van der Waals surface area contributed by atoms with Gasteiger partial charge in [0, 0.05) is 21.4 Å². The van der Waals surface area contributed by atoms with Gasteiger partial charge in [-0.2, -0.15) is 0 Å². The molecule has 0 aliphatic carbocycles. The third kappa shape index (κ3) is 3.55. The maximum Gasteiger partial charge on any atom is 0.106 e. The summed E-state index contributed by atoms with van der Waals surface area (Å²) in [5.41, 5.74) is 11.0. The first kappa shape index (κ1) is 14.0. The number of aryl methyl sites for hydroxylation is 2. The van der Waals surface area contributed by atoms with Crippen LogP contribution in [0.3, 0.4) is 0 Å². The van der Waals surface area contributed by atoms with E-state index in [-0.39, 0.29) is 0 Å². The summed E-state index contributed by atoms with van der Waals surface area (Å²) in [4.78, 5) is 0.388. The Morgan fingerprint density at radius 3 is 2.32 bits per heavy atom. The molecule has 98 valence electrons. The van der Waals surface area contributed by atoms with Crippen molar-refractivity contribution in [1.82, 2.24) is 0 Å². The highest BCUT2D eigenvalue weighted by Gasteiger charge is 2.06. The Balaban J connectivity index is 2.42. The first-order valence-corrected chi connectivity index (χ1v) is 7.10. The van der Waals surface area contributed by atoms with Gasteiger partial charge in [-0.05, 0) is 55.3 Å². The lowest BCUT2D eigenvalue weighted by Gasteiger charge is -2.13. The molecule has 0 aromatic heterocycles. The second-order valence-electron chi connectivity index (χ2n) is 4.56. The van der Waals surface area contributed by atoms with Gasteiger partial charge in [0.05, 0.1) is 0 Å². The minimum Gasteiger partial charge on any atom is -0.389 e. The predicted molar refractivity (Wildman–Crippen MR) is 89.2 cm³/mol. The SMILES string of the molecule is Cc1cc(C)cc(Nc2cc(Br)ccc2C(N)=S)c1. The van der Waals surface area contributed by atoms with Crippen LogP contribution in [-0.2, 0) is 0 Å². The van der Waals surface area contributed by atoms with E-state index in [4.69, 9.17) is 18.0 Å². The zero-order valence-corrected chi connectivity index (χ0v) is 13.2. The van der Waals surface area contributed by atoms with Crippen LogP contribution in [0.25, 0.3) is 0 Å². The average Bonchev–Trinajstić information content (AvgIpc) is 2.26. The highest BCUT2D eigenvalue weighted by atomic mass is 79.9. The van der Waals surface area contributed by atoms with E-state index in [1.54, 1.807) is 0 Å². The van der Waals surface area contributed by atoms with E-state index in [0.29, 0.717) is 4.99 Å². The van der Waals surface area contributed by atoms with Crippen LogP contribution in [0.4, 0.5) is 11.4 Å². The molecular formula is C15H15BrN2S. The molecule has 0 aliphatic heterocycles. The molecule has 0 heterocycles. The summed E-state index contributed by atoms with van der Waals surface area (Å²) in [5, 5.41) is 3.38. The molecular weight excluding hydrogens is 320 g/mol. The number of benzene rings is 2. The number of hydrogen-bond donors (Lipinski definition) is 2. The van der Waals surface area contributed by atoms with E-state index in [0.717, 1.165) is 21.4 Å². The number of halogens is 1. The molecule has 0 fully saturated rings. The van der Waals surface area contributed by atoms with Crippen molar-refractivity contribution in [2.45, 2.75) is 13.8 Å².